The van der Waals surface area contributed by atoms with E-state index in [2.05, 4.69) is 25.0 Å². The number of nitrogens with zero attached hydrogens (tertiary/aromatic N) is 4. The Kier molecular flexibility index (Phi) is 7.03. The molecule has 11 heteroatoms. The summed E-state index contributed by atoms with van der Waals surface area (Å²) in [4.78, 5) is 9.66. The number of hydrogen-bond acceptors (Lipinski definition) is 6. The summed E-state index contributed by atoms with van der Waals surface area (Å²) in [5.74, 6) is -0.192. The van der Waals surface area contributed by atoms with E-state index in [9.17, 15) is 18.3 Å². The van der Waals surface area contributed by atoms with Crippen LogP contribution < -0.4 is 4.90 Å². The van der Waals surface area contributed by atoms with Crippen molar-refractivity contribution >= 4 is 50.6 Å². The smallest absolute Gasteiger partial charge is 0.417 e. The summed E-state index contributed by atoms with van der Waals surface area (Å²) in [6.07, 6.45) is 3.03. The van der Waals surface area contributed by atoms with Crippen molar-refractivity contribution in [2.45, 2.75) is 37.9 Å². The number of anilines is 1. The summed E-state index contributed by atoms with van der Waals surface area (Å²) in [7, 11) is 0. The van der Waals surface area contributed by atoms with Gasteiger partial charge in [-0.3, -0.25) is 5.10 Å². The molecule has 6 rings (SSSR count). The maximum absolute atomic E-state index is 14.0. The number of nitrogens with one attached hydrogen (secondary N) is 1. The molecule has 2 aromatic carbocycles. The fourth-order valence-corrected chi connectivity index (χ4v) is 6.85. The summed E-state index contributed by atoms with van der Waals surface area (Å²) < 4.78 is 41.9. The van der Waals surface area contributed by atoms with Crippen LogP contribution in [0.1, 0.15) is 47.3 Å². The van der Waals surface area contributed by atoms with E-state index in [4.69, 9.17) is 11.6 Å². The second-order valence-electron chi connectivity index (χ2n) is 10.1. The molecule has 2 aliphatic rings. The van der Waals surface area contributed by atoms with Crippen molar-refractivity contribution in [3.8, 4) is 5.88 Å². The van der Waals surface area contributed by atoms with Gasteiger partial charge in [-0.25, -0.2) is 0 Å². The predicted octanol–water partition coefficient (Wildman–Crippen LogP) is 7.05. The fourth-order valence-electron chi connectivity index (χ4n) is 5.59. The standard InChI is InChI=1S/C28H27ClF3N5OS/c29-20-7-5-18(23(14-20)28(30,31)32)13-22(17-6-8-24-19(12-17)15-33-35-24)25-26(38)34-27(39-25)37-11-3-4-21(37)16-36-9-1-2-10-36/h5-8,12-15,21,38H,1-4,9-11,16H2,(H,33,35)/t21-/m0/s1. The minimum Gasteiger partial charge on any atom is -0.492 e. The molecule has 2 saturated heterocycles. The van der Waals surface area contributed by atoms with Crippen molar-refractivity contribution < 1.29 is 18.3 Å². The van der Waals surface area contributed by atoms with E-state index < -0.39 is 11.7 Å². The number of thiazole rings is 1. The van der Waals surface area contributed by atoms with Gasteiger partial charge in [0.05, 0.1) is 17.3 Å². The average Bonchev–Trinajstić information content (AvgIpc) is 3.71. The Hall–Kier alpha value is -3.08. The molecule has 1 atom stereocenters. The summed E-state index contributed by atoms with van der Waals surface area (Å²) in [5.41, 5.74) is 1.01. The van der Waals surface area contributed by atoms with Crippen LogP contribution in [0.25, 0.3) is 22.6 Å². The highest BCUT2D eigenvalue weighted by Crippen LogP contribution is 2.43. The number of aromatic amines is 1. The maximum Gasteiger partial charge on any atom is 0.417 e. The Labute approximate surface area is 232 Å². The van der Waals surface area contributed by atoms with Crippen molar-refractivity contribution in [3.63, 3.8) is 0 Å². The molecule has 4 aromatic rings. The van der Waals surface area contributed by atoms with Crippen molar-refractivity contribution in [3.05, 3.63) is 69.2 Å². The summed E-state index contributed by atoms with van der Waals surface area (Å²) in [5, 5.41) is 19.5. The molecular formula is C28H27ClF3N5OS. The van der Waals surface area contributed by atoms with Crippen LogP contribution in [0.4, 0.5) is 18.3 Å². The number of rotatable bonds is 6. The molecule has 0 aliphatic carbocycles. The summed E-state index contributed by atoms with van der Waals surface area (Å²) >= 11 is 7.25. The van der Waals surface area contributed by atoms with Crippen LogP contribution in [-0.2, 0) is 6.18 Å². The van der Waals surface area contributed by atoms with Crippen molar-refractivity contribution in [1.82, 2.24) is 20.1 Å². The van der Waals surface area contributed by atoms with Gasteiger partial charge in [-0.2, -0.15) is 23.3 Å². The fraction of sp³-hybridized carbons (Fsp3) is 0.357. The second kappa shape index (κ2) is 10.5. The lowest BCUT2D eigenvalue weighted by Crippen LogP contribution is -2.39. The number of benzene rings is 2. The normalized spacial score (nSPS) is 19.0. The minimum absolute atomic E-state index is 0.00171. The number of hydrogen-bond donors (Lipinski definition) is 2. The first-order valence-electron chi connectivity index (χ1n) is 13.0. The molecule has 0 unspecified atom stereocenters. The lowest BCUT2D eigenvalue weighted by Gasteiger charge is -2.28. The molecular weight excluding hydrogens is 547 g/mol. The molecule has 0 radical (unpaired) electrons. The van der Waals surface area contributed by atoms with Gasteiger partial charge in [-0.1, -0.05) is 35.1 Å². The molecule has 2 fully saturated rings. The van der Waals surface area contributed by atoms with Crippen LogP contribution in [0.5, 0.6) is 5.88 Å². The first-order chi connectivity index (χ1) is 18.8. The average molecular weight is 574 g/mol. The van der Waals surface area contributed by atoms with Crippen LogP contribution in [0, 0.1) is 0 Å². The lowest BCUT2D eigenvalue weighted by atomic mass is 9.98. The number of alkyl halides is 3. The first kappa shape index (κ1) is 26.2. The topological polar surface area (TPSA) is 68.3 Å². The SMILES string of the molecule is Oc1nc(N2CCC[C@H]2CN2CCCC2)sc1C(=Cc1ccc(Cl)cc1C(F)(F)F)c1ccc2[nH]ncc2c1. The minimum atomic E-state index is -4.60. The molecule has 0 saturated carbocycles. The van der Waals surface area contributed by atoms with Gasteiger partial charge in [0.1, 0.15) is 4.88 Å². The Morgan fingerprint density at radius 2 is 1.95 bits per heavy atom. The van der Waals surface area contributed by atoms with E-state index in [1.807, 2.05) is 12.1 Å². The van der Waals surface area contributed by atoms with Gasteiger partial charge in [0.2, 0.25) is 5.88 Å². The number of aromatic nitrogens is 3. The van der Waals surface area contributed by atoms with Crippen LogP contribution >= 0.6 is 22.9 Å². The zero-order valence-corrected chi connectivity index (χ0v) is 22.6. The molecule has 2 N–H and O–H groups in total. The molecule has 4 heterocycles. The third-order valence-corrected chi connectivity index (χ3v) is 8.85. The first-order valence-corrected chi connectivity index (χ1v) is 14.2. The number of likely N-dealkylation sites (tertiary alicyclic amines) is 1. The van der Waals surface area contributed by atoms with E-state index in [0.717, 1.165) is 56.0 Å². The summed E-state index contributed by atoms with van der Waals surface area (Å²) in [6, 6.07) is 9.49. The maximum atomic E-state index is 14.0. The van der Waals surface area contributed by atoms with E-state index in [0.29, 0.717) is 27.2 Å². The van der Waals surface area contributed by atoms with Crippen molar-refractivity contribution in [2.24, 2.45) is 0 Å². The van der Waals surface area contributed by atoms with Crippen LogP contribution in [0.15, 0.2) is 42.6 Å². The van der Waals surface area contributed by atoms with Gasteiger partial charge in [-0.15, -0.1) is 0 Å². The van der Waals surface area contributed by atoms with Crippen LogP contribution in [0.2, 0.25) is 5.02 Å². The zero-order valence-electron chi connectivity index (χ0n) is 21.0. The molecule has 2 aliphatic heterocycles. The highest BCUT2D eigenvalue weighted by atomic mass is 35.5. The molecule has 39 heavy (non-hydrogen) atoms. The molecule has 2 aromatic heterocycles. The monoisotopic (exact) mass is 573 g/mol. The molecule has 204 valence electrons. The Morgan fingerprint density at radius 1 is 1.13 bits per heavy atom. The van der Waals surface area contributed by atoms with Crippen LogP contribution in [0.3, 0.4) is 0 Å². The van der Waals surface area contributed by atoms with E-state index in [-0.39, 0.29) is 16.5 Å². The van der Waals surface area contributed by atoms with E-state index >= 15 is 0 Å². The number of fused-ring (bicyclic) bond motifs is 1. The van der Waals surface area contributed by atoms with Gasteiger partial charge in [-0.05, 0) is 80.2 Å². The lowest BCUT2D eigenvalue weighted by molar-refractivity contribution is -0.137. The van der Waals surface area contributed by atoms with Gasteiger partial charge >= 0.3 is 6.18 Å². The zero-order chi connectivity index (χ0) is 27.1. The summed E-state index contributed by atoms with van der Waals surface area (Å²) in [6.45, 7) is 3.99. The number of H-pyrrole nitrogens is 1. The quantitative estimate of drug-likeness (QED) is 0.242. The van der Waals surface area contributed by atoms with Crippen molar-refractivity contribution in [1.29, 1.82) is 0 Å². The predicted molar refractivity (Wildman–Crippen MR) is 149 cm³/mol. The van der Waals surface area contributed by atoms with Gasteiger partial charge in [0.15, 0.2) is 5.13 Å². The third kappa shape index (κ3) is 5.37. The largest absolute Gasteiger partial charge is 0.492 e. The van der Waals surface area contributed by atoms with Gasteiger partial charge < -0.3 is 14.9 Å². The number of aromatic hydroxyl groups is 1. The second-order valence-corrected chi connectivity index (χ2v) is 11.5. The highest BCUT2D eigenvalue weighted by molar-refractivity contribution is 7.17. The third-order valence-electron chi connectivity index (χ3n) is 7.50. The molecule has 6 nitrogen and oxygen atoms in total. The van der Waals surface area contributed by atoms with Crippen LogP contribution in [-0.4, -0.2) is 57.4 Å². The Balaban J connectivity index is 1.44. The molecule has 0 bridgehead atoms. The Morgan fingerprint density at radius 3 is 2.74 bits per heavy atom. The Bertz CT molecular complexity index is 1530. The highest BCUT2D eigenvalue weighted by Gasteiger charge is 2.34. The number of halogens is 4. The van der Waals surface area contributed by atoms with Gasteiger partial charge in [0, 0.05) is 35.1 Å². The van der Waals surface area contributed by atoms with Gasteiger partial charge in [0.25, 0.3) is 0 Å². The van der Waals surface area contributed by atoms with Crippen molar-refractivity contribution in [2.75, 3.05) is 31.1 Å². The van der Waals surface area contributed by atoms with E-state index in [1.54, 1.807) is 12.3 Å². The molecule has 0 spiro atoms. The molecule has 0 amide bonds. The van der Waals surface area contributed by atoms with E-state index in [1.165, 1.54) is 42.4 Å².